The second-order valence-electron chi connectivity index (χ2n) is 3.83. The third-order valence-corrected chi connectivity index (χ3v) is 3.07. The van der Waals surface area contributed by atoms with Crippen molar-refractivity contribution in [1.82, 2.24) is 0 Å². The van der Waals surface area contributed by atoms with E-state index < -0.39 is 17.5 Å². The van der Waals surface area contributed by atoms with Crippen molar-refractivity contribution in [3.63, 3.8) is 0 Å². The maximum absolute atomic E-state index is 13.8. The molecule has 0 aliphatic heterocycles. The molecule has 1 saturated carbocycles. The number of methoxy groups -OCH3 is 2. The molecule has 0 aromatic carbocycles. The first-order valence-corrected chi connectivity index (χ1v) is 5.01. The zero-order chi connectivity index (χ0) is 11.5. The second kappa shape index (κ2) is 4.43. The van der Waals surface area contributed by atoms with Crippen LogP contribution in [0.4, 0.5) is 8.78 Å². The Morgan fingerprint density at radius 2 is 1.73 bits per heavy atom. The molecule has 0 amide bonds. The third kappa shape index (κ3) is 1.97. The highest BCUT2D eigenvalue weighted by molar-refractivity contribution is 5.79. The lowest BCUT2D eigenvalue weighted by Crippen LogP contribution is -2.55. The number of hydrogen-bond donors (Lipinski definition) is 0. The number of carbonyl (C=O) groups excluding carboxylic acids is 1. The minimum atomic E-state index is -3.56. The van der Waals surface area contributed by atoms with Gasteiger partial charge in [-0.2, -0.15) is 8.78 Å². The summed E-state index contributed by atoms with van der Waals surface area (Å²) in [7, 11) is 2.19. The zero-order valence-electron chi connectivity index (χ0n) is 9.02. The molecular weight excluding hydrogens is 206 g/mol. The molecule has 1 rings (SSSR count). The summed E-state index contributed by atoms with van der Waals surface area (Å²) in [6, 6.07) is 0. The number of ether oxygens (including phenoxy) is 2. The number of carbonyl (C=O) groups is 1. The van der Waals surface area contributed by atoms with Crippen LogP contribution in [0.1, 0.15) is 32.1 Å². The number of alkyl halides is 2. The molecule has 0 spiro atoms. The number of esters is 1. The molecule has 1 fully saturated rings. The summed E-state index contributed by atoms with van der Waals surface area (Å²) < 4.78 is 36.6. The van der Waals surface area contributed by atoms with Gasteiger partial charge in [0.15, 0.2) is 0 Å². The van der Waals surface area contributed by atoms with Gasteiger partial charge in [-0.15, -0.1) is 0 Å². The summed E-state index contributed by atoms with van der Waals surface area (Å²) in [5.74, 6) is -5.07. The van der Waals surface area contributed by atoms with E-state index in [2.05, 4.69) is 4.74 Å². The average molecular weight is 222 g/mol. The van der Waals surface area contributed by atoms with Crippen molar-refractivity contribution in [1.29, 1.82) is 0 Å². The largest absolute Gasteiger partial charge is 0.464 e. The quantitative estimate of drug-likeness (QED) is 0.686. The van der Waals surface area contributed by atoms with E-state index in [0.29, 0.717) is 12.8 Å². The van der Waals surface area contributed by atoms with Gasteiger partial charge in [-0.3, -0.25) is 0 Å². The Kier molecular flexibility index (Phi) is 3.65. The molecule has 0 aromatic heterocycles. The van der Waals surface area contributed by atoms with E-state index in [1.165, 1.54) is 7.11 Å². The highest BCUT2D eigenvalue weighted by atomic mass is 19.3. The number of rotatable bonds is 3. The highest BCUT2D eigenvalue weighted by Crippen LogP contribution is 2.43. The van der Waals surface area contributed by atoms with Crippen LogP contribution in [-0.2, 0) is 14.3 Å². The first-order chi connectivity index (χ1) is 7.00. The number of hydrogen-bond acceptors (Lipinski definition) is 3. The molecule has 15 heavy (non-hydrogen) atoms. The van der Waals surface area contributed by atoms with Crippen LogP contribution in [0.2, 0.25) is 0 Å². The predicted octanol–water partition coefficient (Wildman–Crippen LogP) is 2.14. The Morgan fingerprint density at radius 1 is 1.20 bits per heavy atom. The molecule has 0 unspecified atom stereocenters. The fourth-order valence-corrected chi connectivity index (χ4v) is 2.08. The minimum absolute atomic E-state index is 0.200. The lowest BCUT2D eigenvalue weighted by Gasteiger charge is -2.40. The standard InChI is InChI=1S/C10H16F2O3/c1-14-8(13)10(11,12)9(15-2)6-4-3-5-7-9/h3-7H2,1-2H3. The Balaban J connectivity index is 2.92. The molecule has 1 aliphatic carbocycles. The van der Waals surface area contributed by atoms with Crippen LogP contribution >= 0.6 is 0 Å². The fraction of sp³-hybridized carbons (Fsp3) is 0.900. The third-order valence-electron chi connectivity index (χ3n) is 3.07. The maximum Gasteiger partial charge on any atom is 0.379 e. The van der Waals surface area contributed by atoms with Crippen molar-refractivity contribution in [3.05, 3.63) is 0 Å². The average Bonchev–Trinajstić information content (AvgIpc) is 2.28. The van der Waals surface area contributed by atoms with Crippen molar-refractivity contribution < 1.29 is 23.0 Å². The van der Waals surface area contributed by atoms with Crippen LogP contribution < -0.4 is 0 Å². The molecule has 0 N–H and O–H groups in total. The van der Waals surface area contributed by atoms with Gasteiger partial charge >= 0.3 is 11.9 Å². The van der Waals surface area contributed by atoms with Gasteiger partial charge in [-0.25, -0.2) is 4.79 Å². The van der Waals surface area contributed by atoms with Crippen LogP contribution in [0, 0.1) is 0 Å². The van der Waals surface area contributed by atoms with Crippen molar-refractivity contribution in [2.24, 2.45) is 0 Å². The van der Waals surface area contributed by atoms with Crippen LogP contribution in [0.3, 0.4) is 0 Å². The molecule has 3 nitrogen and oxygen atoms in total. The van der Waals surface area contributed by atoms with Gasteiger partial charge in [-0.05, 0) is 12.8 Å². The lowest BCUT2D eigenvalue weighted by molar-refractivity contribution is -0.226. The normalized spacial score (nSPS) is 21.1. The van der Waals surface area contributed by atoms with Gasteiger partial charge in [0, 0.05) is 7.11 Å². The summed E-state index contributed by atoms with van der Waals surface area (Å²) in [6.07, 6.45) is 2.61. The van der Waals surface area contributed by atoms with E-state index in [1.807, 2.05) is 0 Å². The molecule has 0 radical (unpaired) electrons. The van der Waals surface area contributed by atoms with Crippen molar-refractivity contribution >= 4 is 5.97 Å². The monoisotopic (exact) mass is 222 g/mol. The van der Waals surface area contributed by atoms with Gasteiger partial charge in [-0.1, -0.05) is 19.3 Å². The smallest absolute Gasteiger partial charge is 0.379 e. The molecule has 0 heterocycles. The first kappa shape index (κ1) is 12.4. The first-order valence-electron chi connectivity index (χ1n) is 5.01. The highest BCUT2D eigenvalue weighted by Gasteiger charge is 2.60. The van der Waals surface area contributed by atoms with Gasteiger partial charge < -0.3 is 9.47 Å². The summed E-state index contributed by atoms with van der Waals surface area (Å²) >= 11 is 0. The maximum atomic E-state index is 13.8. The van der Waals surface area contributed by atoms with E-state index >= 15 is 0 Å². The Hall–Kier alpha value is -0.710. The van der Waals surface area contributed by atoms with Crippen molar-refractivity contribution in [3.8, 4) is 0 Å². The van der Waals surface area contributed by atoms with Gasteiger partial charge in [0.05, 0.1) is 7.11 Å². The molecule has 0 aromatic rings. The van der Waals surface area contributed by atoms with Crippen molar-refractivity contribution in [2.75, 3.05) is 14.2 Å². The van der Waals surface area contributed by atoms with Crippen LogP contribution in [0.25, 0.3) is 0 Å². The minimum Gasteiger partial charge on any atom is -0.464 e. The zero-order valence-corrected chi connectivity index (χ0v) is 9.02. The lowest BCUT2D eigenvalue weighted by atomic mass is 9.79. The van der Waals surface area contributed by atoms with Gasteiger partial charge in [0.1, 0.15) is 5.60 Å². The van der Waals surface area contributed by atoms with Crippen LogP contribution in [0.5, 0.6) is 0 Å². The SMILES string of the molecule is COC(=O)C(F)(F)C1(OC)CCCCC1. The summed E-state index contributed by atoms with van der Waals surface area (Å²) in [4.78, 5) is 11.0. The van der Waals surface area contributed by atoms with E-state index in [4.69, 9.17) is 4.74 Å². The summed E-state index contributed by atoms with van der Waals surface area (Å²) in [5.41, 5.74) is -1.67. The van der Waals surface area contributed by atoms with E-state index in [-0.39, 0.29) is 12.8 Å². The molecule has 88 valence electrons. The summed E-state index contributed by atoms with van der Waals surface area (Å²) in [6.45, 7) is 0. The Labute approximate surface area is 87.7 Å². The van der Waals surface area contributed by atoms with Crippen molar-refractivity contribution in [2.45, 2.75) is 43.6 Å². The predicted molar refractivity (Wildman–Crippen MR) is 49.8 cm³/mol. The molecule has 1 aliphatic rings. The molecular formula is C10H16F2O3. The fourth-order valence-electron chi connectivity index (χ4n) is 2.08. The Bertz CT molecular complexity index is 235. The molecule has 5 heteroatoms. The number of halogens is 2. The molecule has 0 saturated heterocycles. The van der Waals surface area contributed by atoms with E-state index in [1.54, 1.807) is 0 Å². The van der Waals surface area contributed by atoms with Crippen LogP contribution in [0.15, 0.2) is 0 Å². The van der Waals surface area contributed by atoms with E-state index in [0.717, 1.165) is 13.5 Å². The summed E-state index contributed by atoms with van der Waals surface area (Å²) in [5, 5.41) is 0. The van der Waals surface area contributed by atoms with E-state index in [9.17, 15) is 13.6 Å². The topological polar surface area (TPSA) is 35.5 Å². The second-order valence-corrected chi connectivity index (χ2v) is 3.83. The van der Waals surface area contributed by atoms with Gasteiger partial charge in [0.2, 0.25) is 0 Å². The van der Waals surface area contributed by atoms with Crippen LogP contribution in [-0.4, -0.2) is 31.7 Å². The molecule has 0 bridgehead atoms. The van der Waals surface area contributed by atoms with Gasteiger partial charge in [0.25, 0.3) is 0 Å². The molecule has 0 atom stereocenters. The Morgan fingerprint density at radius 3 is 2.13 bits per heavy atom.